The van der Waals surface area contributed by atoms with Gasteiger partial charge in [0, 0.05) is 13.2 Å². The molecule has 1 N–H and O–H groups in total. The minimum absolute atomic E-state index is 0.0705. The first-order valence-electron chi connectivity index (χ1n) is 5.19. The van der Waals surface area contributed by atoms with Crippen LogP contribution in [-0.2, 0) is 9.53 Å². The molecule has 0 heterocycles. The van der Waals surface area contributed by atoms with Gasteiger partial charge >= 0.3 is 12.1 Å². The van der Waals surface area contributed by atoms with Crippen LogP contribution in [-0.4, -0.2) is 55.0 Å². The zero-order valence-electron chi connectivity index (χ0n) is 10.1. The average Bonchev–Trinajstić information content (AvgIpc) is 2.09. The monoisotopic (exact) mass is 257 g/mol. The van der Waals surface area contributed by atoms with E-state index in [1.807, 2.05) is 0 Å². The van der Waals surface area contributed by atoms with Crippen LogP contribution < -0.4 is 0 Å². The summed E-state index contributed by atoms with van der Waals surface area (Å²) in [6.45, 7) is 1.64. The van der Waals surface area contributed by atoms with Gasteiger partial charge < -0.3 is 9.84 Å². The summed E-state index contributed by atoms with van der Waals surface area (Å²) in [7, 11) is 1.38. The molecule has 0 spiro atoms. The molecular formula is C10H18F3NO3. The van der Waals surface area contributed by atoms with Crippen molar-refractivity contribution >= 4 is 5.97 Å². The quantitative estimate of drug-likeness (QED) is 0.752. The number of ether oxygens (including phenoxy) is 1. The summed E-state index contributed by atoms with van der Waals surface area (Å²) in [5.74, 6) is -1.41. The normalized spacial score (nSPS) is 14.4. The molecule has 17 heavy (non-hydrogen) atoms. The zero-order valence-corrected chi connectivity index (χ0v) is 10.1. The third kappa shape index (κ3) is 7.17. The van der Waals surface area contributed by atoms with Crippen LogP contribution in [0.3, 0.4) is 0 Å². The Kier molecular flexibility index (Phi) is 6.48. The van der Waals surface area contributed by atoms with Gasteiger partial charge in [-0.15, -0.1) is 0 Å². The van der Waals surface area contributed by atoms with E-state index < -0.39 is 31.3 Å². The summed E-state index contributed by atoms with van der Waals surface area (Å²) in [6.07, 6.45) is -4.42. The Balaban J connectivity index is 4.78. The smallest absolute Gasteiger partial charge is 0.401 e. The van der Waals surface area contributed by atoms with Crippen LogP contribution >= 0.6 is 0 Å². The second-order valence-electron chi connectivity index (χ2n) is 4.18. The predicted octanol–water partition coefficient (Wildman–Crippen LogP) is 1.61. The van der Waals surface area contributed by atoms with Crippen LogP contribution in [0, 0.1) is 5.92 Å². The van der Waals surface area contributed by atoms with E-state index in [-0.39, 0.29) is 12.5 Å². The van der Waals surface area contributed by atoms with E-state index in [9.17, 15) is 18.0 Å². The van der Waals surface area contributed by atoms with Gasteiger partial charge in [-0.05, 0) is 5.92 Å². The lowest BCUT2D eigenvalue weighted by Gasteiger charge is -2.33. The lowest BCUT2D eigenvalue weighted by molar-refractivity contribution is -0.162. The molecule has 0 aliphatic heterocycles. The predicted molar refractivity (Wildman–Crippen MR) is 55.8 cm³/mol. The minimum atomic E-state index is -4.42. The highest BCUT2D eigenvalue weighted by atomic mass is 19.4. The van der Waals surface area contributed by atoms with E-state index in [0.717, 1.165) is 4.90 Å². The van der Waals surface area contributed by atoms with Gasteiger partial charge in [0.25, 0.3) is 0 Å². The molecule has 0 rings (SSSR count). The first-order chi connectivity index (χ1) is 7.67. The number of rotatable bonds is 7. The van der Waals surface area contributed by atoms with E-state index in [1.165, 1.54) is 7.11 Å². The number of hydrogen-bond acceptors (Lipinski definition) is 3. The third-order valence-electron chi connectivity index (χ3n) is 2.30. The number of alkyl halides is 3. The van der Waals surface area contributed by atoms with Gasteiger partial charge in [-0.2, -0.15) is 13.2 Å². The van der Waals surface area contributed by atoms with E-state index in [0.29, 0.717) is 0 Å². The number of halogens is 3. The van der Waals surface area contributed by atoms with Gasteiger partial charge in [0.15, 0.2) is 0 Å². The van der Waals surface area contributed by atoms with Crippen LogP contribution in [0.15, 0.2) is 0 Å². The highest BCUT2D eigenvalue weighted by Crippen LogP contribution is 2.20. The van der Waals surface area contributed by atoms with Crippen LogP contribution in [0.2, 0.25) is 0 Å². The van der Waals surface area contributed by atoms with Crippen molar-refractivity contribution in [2.45, 2.75) is 26.1 Å². The summed E-state index contributed by atoms with van der Waals surface area (Å²) in [5, 5.41) is 8.63. The molecule has 0 bridgehead atoms. The number of aliphatic carboxylic acids is 1. The third-order valence-corrected chi connectivity index (χ3v) is 2.30. The number of carboxylic acids is 1. The first kappa shape index (κ1) is 16.2. The lowest BCUT2D eigenvalue weighted by Crippen LogP contribution is -2.48. The van der Waals surface area contributed by atoms with Crippen molar-refractivity contribution in [2.24, 2.45) is 5.92 Å². The number of carboxylic acid groups (broad SMARTS) is 1. The molecule has 0 aromatic heterocycles. The van der Waals surface area contributed by atoms with Gasteiger partial charge in [0.1, 0.15) is 0 Å². The van der Waals surface area contributed by atoms with E-state index >= 15 is 0 Å². The molecule has 0 saturated heterocycles. The van der Waals surface area contributed by atoms with Crippen LogP contribution in [0.4, 0.5) is 13.2 Å². The fourth-order valence-electron chi connectivity index (χ4n) is 1.58. The summed E-state index contributed by atoms with van der Waals surface area (Å²) in [4.78, 5) is 11.5. The number of hydrogen-bond donors (Lipinski definition) is 1. The Hall–Kier alpha value is -0.820. The topological polar surface area (TPSA) is 49.8 Å². The first-order valence-corrected chi connectivity index (χ1v) is 5.19. The van der Waals surface area contributed by atoms with Gasteiger partial charge in [0.05, 0.1) is 19.7 Å². The number of carbonyl (C=O) groups is 1. The van der Waals surface area contributed by atoms with E-state index in [4.69, 9.17) is 9.84 Å². The fraction of sp³-hybridized carbons (Fsp3) is 0.900. The summed E-state index contributed by atoms with van der Waals surface area (Å²) in [5.41, 5.74) is 0. The van der Waals surface area contributed by atoms with Gasteiger partial charge in [-0.3, -0.25) is 9.69 Å². The molecule has 4 nitrogen and oxygen atoms in total. The second kappa shape index (κ2) is 6.80. The summed E-state index contributed by atoms with van der Waals surface area (Å²) in [6, 6.07) is -0.572. The molecule has 0 saturated carbocycles. The number of methoxy groups -OCH3 is 1. The molecule has 0 radical (unpaired) electrons. The lowest BCUT2D eigenvalue weighted by atomic mass is 10.0. The van der Waals surface area contributed by atoms with E-state index in [1.54, 1.807) is 13.8 Å². The fourth-order valence-corrected chi connectivity index (χ4v) is 1.58. The van der Waals surface area contributed by atoms with Crippen molar-refractivity contribution in [2.75, 3.05) is 26.8 Å². The standard InChI is InChI=1S/C10H18F3NO3/c1-7(2)8(5-17-3)14(4-9(15)16)6-10(11,12)13/h7-8H,4-6H2,1-3H3,(H,15,16). The van der Waals surface area contributed by atoms with Crippen molar-refractivity contribution in [3.8, 4) is 0 Å². The van der Waals surface area contributed by atoms with Crippen molar-refractivity contribution in [1.82, 2.24) is 4.90 Å². The molecule has 0 fully saturated rings. The molecule has 0 amide bonds. The average molecular weight is 257 g/mol. The largest absolute Gasteiger partial charge is 0.480 e. The Morgan fingerprint density at radius 2 is 1.94 bits per heavy atom. The Bertz CT molecular complexity index is 243. The molecule has 0 aromatic rings. The maximum atomic E-state index is 12.3. The van der Waals surface area contributed by atoms with Crippen molar-refractivity contribution in [1.29, 1.82) is 0 Å². The molecule has 1 atom stereocenters. The SMILES string of the molecule is COCC(C(C)C)N(CC(=O)O)CC(F)(F)F. The van der Waals surface area contributed by atoms with Crippen LogP contribution in [0.5, 0.6) is 0 Å². The van der Waals surface area contributed by atoms with Gasteiger partial charge in [-0.25, -0.2) is 0 Å². The van der Waals surface area contributed by atoms with Gasteiger partial charge in [0.2, 0.25) is 0 Å². The Labute approximate surface area is 98.3 Å². The molecule has 0 aromatic carbocycles. The van der Waals surface area contributed by atoms with Crippen LogP contribution in [0.1, 0.15) is 13.8 Å². The highest BCUT2D eigenvalue weighted by Gasteiger charge is 2.35. The molecule has 0 aliphatic rings. The molecule has 1 unspecified atom stereocenters. The highest BCUT2D eigenvalue weighted by molar-refractivity contribution is 5.69. The van der Waals surface area contributed by atoms with Crippen LogP contribution in [0.25, 0.3) is 0 Å². The van der Waals surface area contributed by atoms with Gasteiger partial charge in [-0.1, -0.05) is 13.8 Å². The van der Waals surface area contributed by atoms with Crippen molar-refractivity contribution in [3.63, 3.8) is 0 Å². The van der Waals surface area contributed by atoms with E-state index in [2.05, 4.69) is 0 Å². The maximum Gasteiger partial charge on any atom is 0.401 e. The molecular weight excluding hydrogens is 239 g/mol. The minimum Gasteiger partial charge on any atom is -0.480 e. The van der Waals surface area contributed by atoms with Crippen molar-refractivity contribution in [3.05, 3.63) is 0 Å². The molecule has 0 aliphatic carbocycles. The Morgan fingerprint density at radius 1 is 1.41 bits per heavy atom. The molecule has 7 heteroatoms. The van der Waals surface area contributed by atoms with Crippen molar-refractivity contribution < 1.29 is 27.8 Å². The number of nitrogens with zero attached hydrogens (tertiary/aromatic N) is 1. The summed E-state index contributed by atoms with van der Waals surface area (Å²) >= 11 is 0. The summed E-state index contributed by atoms with van der Waals surface area (Å²) < 4.78 is 41.9. The maximum absolute atomic E-state index is 12.3. The Morgan fingerprint density at radius 3 is 2.24 bits per heavy atom. The zero-order chi connectivity index (χ0) is 13.6. The second-order valence-corrected chi connectivity index (χ2v) is 4.18. The molecule has 102 valence electrons.